The van der Waals surface area contributed by atoms with E-state index >= 15 is 0 Å². The van der Waals surface area contributed by atoms with Crippen LogP contribution in [0.4, 0.5) is 0 Å². The topological polar surface area (TPSA) is 38.7 Å². The highest BCUT2D eigenvalue weighted by Gasteiger charge is 2.17. The number of benzene rings is 7. The molecular weight excluding hydrogens is 639 g/mol. The zero-order valence-corrected chi connectivity index (χ0v) is 28.3. The van der Waals surface area contributed by atoms with Crippen LogP contribution in [0, 0.1) is 0 Å². The molecule has 3 heterocycles. The lowest BCUT2D eigenvalue weighted by atomic mass is 9.93. The lowest BCUT2D eigenvalue weighted by Crippen LogP contribution is -1.94. The zero-order chi connectivity index (χ0) is 33.7. The molecule has 0 saturated heterocycles. The first-order chi connectivity index (χ1) is 25.3. The van der Waals surface area contributed by atoms with Crippen molar-refractivity contribution >= 4 is 53.3 Å². The maximum atomic E-state index is 5.24. The predicted octanol–water partition coefficient (Wildman–Crippen LogP) is 12.9. The normalized spacial score (nSPS) is 11.5. The minimum atomic E-state index is 0.727. The summed E-state index contributed by atoms with van der Waals surface area (Å²) in [5, 5.41) is 4.68. The molecule has 0 atom stereocenters. The molecule has 0 radical (unpaired) electrons. The van der Waals surface area contributed by atoms with Gasteiger partial charge < -0.3 is 0 Å². The summed E-state index contributed by atoms with van der Waals surface area (Å²) in [5.74, 6) is 0.727. The molecule has 10 rings (SSSR count). The van der Waals surface area contributed by atoms with Crippen LogP contribution in [0.5, 0.6) is 0 Å². The standard InChI is InChI=1S/C47H29N3S/c1-2-10-30(11-3-1)31-19-23-33(24-20-31)44-46-45(40-17-6-7-18-42(40)51-46)50-47(49-44)34-25-21-32(22-26-34)35-12-8-13-36(28-35)41-29-37-14-9-27-48-43(37)39-16-5-4-15-38(39)41/h1-29H. The van der Waals surface area contributed by atoms with E-state index in [4.69, 9.17) is 15.0 Å². The highest BCUT2D eigenvalue weighted by atomic mass is 32.1. The highest BCUT2D eigenvalue weighted by Crippen LogP contribution is 2.40. The number of pyridine rings is 1. The third-order valence-electron chi connectivity index (χ3n) is 9.75. The molecule has 0 unspecified atom stereocenters. The first-order valence-electron chi connectivity index (χ1n) is 17.1. The summed E-state index contributed by atoms with van der Waals surface area (Å²) < 4.78 is 2.32. The van der Waals surface area contributed by atoms with Crippen LogP contribution in [0.2, 0.25) is 0 Å². The summed E-state index contributed by atoms with van der Waals surface area (Å²) in [6, 6.07) is 60.2. The Balaban J connectivity index is 1.05. The smallest absolute Gasteiger partial charge is 0.160 e. The van der Waals surface area contributed by atoms with E-state index in [2.05, 4.69) is 158 Å². The minimum Gasteiger partial charge on any atom is -0.256 e. The Morgan fingerprint density at radius 3 is 1.84 bits per heavy atom. The molecule has 0 N–H and O–H groups in total. The van der Waals surface area contributed by atoms with Gasteiger partial charge in [-0.3, -0.25) is 4.98 Å². The summed E-state index contributed by atoms with van der Waals surface area (Å²) in [5.41, 5.74) is 12.1. The first-order valence-corrected chi connectivity index (χ1v) is 17.9. The molecule has 3 nitrogen and oxygen atoms in total. The average molecular weight is 668 g/mol. The van der Waals surface area contributed by atoms with Crippen molar-refractivity contribution in [3.8, 4) is 56.0 Å². The van der Waals surface area contributed by atoms with Crippen molar-refractivity contribution in [2.24, 2.45) is 0 Å². The van der Waals surface area contributed by atoms with Crippen LogP contribution in [0.3, 0.4) is 0 Å². The molecule has 0 bridgehead atoms. The Hall–Kier alpha value is -6.49. The van der Waals surface area contributed by atoms with Crippen LogP contribution in [-0.2, 0) is 0 Å². The second kappa shape index (κ2) is 12.1. The summed E-state index contributed by atoms with van der Waals surface area (Å²) in [7, 11) is 0. The predicted molar refractivity (Wildman–Crippen MR) is 215 cm³/mol. The molecule has 0 spiro atoms. The van der Waals surface area contributed by atoms with Crippen LogP contribution in [0.25, 0.3) is 98.0 Å². The van der Waals surface area contributed by atoms with E-state index in [0.717, 1.165) is 60.3 Å². The SMILES string of the molecule is c1ccc(-c2ccc(-c3nc(-c4ccc(-c5cccc(-c6cc7cccnc7c7ccccc67)c5)cc4)nc4c3sc3ccccc34)cc2)cc1. The van der Waals surface area contributed by atoms with E-state index in [-0.39, 0.29) is 0 Å². The van der Waals surface area contributed by atoms with Crippen molar-refractivity contribution in [3.63, 3.8) is 0 Å². The van der Waals surface area contributed by atoms with E-state index in [1.807, 2.05) is 18.3 Å². The molecule has 238 valence electrons. The molecule has 0 amide bonds. The summed E-state index contributed by atoms with van der Waals surface area (Å²) in [4.78, 5) is 15.1. The molecule has 51 heavy (non-hydrogen) atoms. The van der Waals surface area contributed by atoms with E-state index in [0.29, 0.717) is 0 Å². The molecule has 0 aliphatic heterocycles. The molecule has 0 aliphatic rings. The van der Waals surface area contributed by atoms with Crippen molar-refractivity contribution in [2.75, 3.05) is 0 Å². The fraction of sp³-hybridized carbons (Fsp3) is 0. The molecule has 0 aliphatic carbocycles. The number of hydrogen-bond acceptors (Lipinski definition) is 4. The van der Waals surface area contributed by atoms with E-state index < -0.39 is 0 Å². The van der Waals surface area contributed by atoms with Crippen LogP contribution >= 0.6 is 11.3 Å². The van der Waals surface area contributed by atoms with Crippen molar-refractivity contribution in [3.05, 3.63) is 176 Å². The van der Waals surface area contributed by atoms with Gasteiger partial charge in [0, 0.05) is 38.2 Å². The van der Waals surface area contributed by atoms with Crippen LogP contribution < -0.4 is 0 Å². The van der Waals surface area contributed by atoms with Gasteiger partial charge in [0.1, 0.15) is 0 Å². The molecule has 7 aromatic carbocycles. The van der Waals surface area contributed by atoms with Crippen LogP contribution in [0.1, 0.15) is 0 Å². The molecule has 4 heteroatoms. The number of nitrogens with zero attached hydrogens (tertiary/aromatic N) is 3. The van der Waals surface area contributed by atoms with Crippen molar-refractivity contribution in [1.29, 1.82) is 0 Å². The van der Waals surface area contributed by atoms with Gasteiger partial charge in [-0.1, -0.05) is 146 Å². The maximum Gasteiger partial charge on any atom is 0.160 e. The summed E-state index contributed by atoms with van der Waals surface area (Å²) in [6.07, 6.45) is 1.87. The van der Waals surface area contributed by atoms with Gasteiger partial charge >= 0.3 is 0 Å². The minimum absolute atomic E-state index is 0.727. The average Bonchev–Trinajstić information content (AvgIpc) is 3.59. The van der Waals surface area contributed by atoms with E-state index in [9.17, 15) is 0 Å². The maximum absolute atomic E-state index is 5.24. The number of aromatic nitrogens is 3. The van der Waals surface area contributed by atoms with E-state index in [1.165, 1.54) is 37.7 Å². The quantitative estimate of drug-likeness (QED) is 0.171. The van der Waals surface area contributed by atoms with Crippen molar-refractivity contribution < 1.29 is 0 Å². The fourth-order valence-corrected chi connectivity index (χ4v) is 8.35. The summed E-state index contributed by atoms with van der Waals surface area (Å²) in [6.45, 7) is 0. The second-order valence-electron chi connectivity index (χ2n) is 12.8. The number of rotatable bonds is 5. The molecule has 0 fully saturated rings. The Morgan fingerprint density at radius 1 is 0.392 bits per heavy atom. The van der Waals surface area contributed by atoms with Crippen molar-refractivity contribution in [1.82, 2.24) is 15.0 Å². The third kappa shape index (κ3) is 5.16. The zero-order valence-electron chi connectivity index (χ0n) is 27.5. The van der Waals surface area contributed by atoms with Crippen LogP contribution in [-0.4, -0.2) is 15.0 Å². The lowest BCUT2D eigenvalue weighted by molar-refractivity contribution is 1.24. The van der Waals surface area contributed by atoms with E-state index in [1.54, 1.807) is 11.3 Å². The van der Waals surface area contributed by atoms with Gasteiger partial charge in [-0.15, -0.1) is 11.3 Å². The van der Waals surface area contributed by atoms with Crippen molar-refractivity contribution in [2.45, 2.75) is 0 Å². The Morgan fingerprint density at radius 2 is 1.02 bits per heavy atom. The Labute approximate surface area is 299 Å². The summed E-state index contributed by atoms with van der Waals surface area (Å²) >= 11 is 1.76. The number of fused-ring (bicyclic) bond motifs is 6. The van der Waals surface area contributed by atoms with Crippen LogP contribution in [0.15, 0.2) is 176 Å². The van der Waals surface area contributed by atoms with Gasteiger partial charge in [0.15, 0.2) is 5.82 Å². The first kappa shape index (κ1) is 29.4. The third-order valence-corrected chi connectivity index (χ3v) is 10.9. The largest absolute Gasteiger partial charge is 0.256 e. The fourth-order valence-electron chi connectivity index (χ4n) is 7.20. The molecule has 0 saturated carbocycles. The van der Waals surface area contributed by atoms with Gasteiger partial charge in [-0.05, 0) is 63.0 Å². The Kier molecular flexibility index (Phi) is 7.00. The van der Waals surface area contributed by atoms with Gasteiger partial charge in [0.2, 0.25) is 0 Å². The molecule has 10 aromatic rings. The Bertz CT molecular complexity index is 2890. The van der Waals surface area contributed by atoms with Gasteiger partial charge in [0.25, 0.3) is 0 Å². The van der Waals surface area contributed by atoms with Gasteiger partial charge in [-0.2, -0.15) is 0 Å². The monoisotopic (exact) mass is 667 g/mol. The number of hydrogen-bond donors (Lipinski definition) is 0. The van der Waals surface area contributed by atoms with Gasteiger partial charge in [0.05, 0.1) is 21.4 Å². The number of thiophene rings is 1. The van der Waals surface area contributed by atoms with Gasteiger partial charge in [-0.25, -0.2) is 9.97 Å². The molecule has 3 aromatic heterocycles. The lowest BCUT2D eigenvalue weighted by Gasteiger charge is -2.12. The highest BCUT2D eigenvalue weighted by molar-refractivity contribution is 7.26. The second-order valence-corrected chi connectivity index (χ2v) is 13.9. The molecular formula is C47H29N3S.